The Kier molecular flexibility index (Phi) is 14.7. The van der Waals surface area contributed by atoms with E-state index in [2.05, 4.69) is 29.8 Å². The molecule has 5 rings (SSSR count). The highest BCUT2D eigenvalue weighted by Crippen LogP contribution is 2.50. The van der Waals surface area contributed by atoms with Gasteiger partial charge in [0, 0.05) is 67.6 Å². The molecule has 0 saturated heterocycles. The molecule has 3 unspecified atom stereocenters. The van der Waals surface area contributed by atoms with E-state index < -0.39 is 47.6 Å². The highest BCUT2D eigenvalue weighted by molar-refractivity contribution is 5.83. The van der Waals surface area contributed by atoms with Crippen molar-refractivity contribution >= 4 is 23.6 Å². The molecule has 0 radical (unpaired) electrons. The van der Waals surface area contributed by atoms with Crippen LogP contribution in [-0.2, 0) is 25.7 Å². The molecular weight excluding hydrogens is 731 g/mol. The first-order valence-electron chi connectivity index (χ1n) is 20.3. The van der Waals surface area contributed by atoms with Gasteiger partial charge in [-0.3, -0.25) is 19.2 Å². The van der Waals surface area contributed by atoms with Gasteiger partial charge in [-0.2, -0.15) is 0 Å². The standard InChI is InChI=1S/C44H60F2N6O5/c1-6-33-27(2)34(33)23-39(54)48-17-18-49-42(56)29-12-14-32(20-29)50-43(57)37(47)16-19-52(40(55)26-53)41(44(3,4)5)38-21-30(35-22-31(45)13-15-36(35)46)25-51(38)24-28-10-8-7-9-11-28/h7-11,13,15,21-22,25,27,29,32-34,37,41,53H,6,12,14,16-20,23-24,26,47H2,1-5H3,(H,48,54)(H,49,56)(H,50,57)/t27?,29-,32+,33?,34?,37-,41-/m0/s1. The highest BCUT2D eigenvalue weighted by Gasteiger charge is 2.45. The van der Waals surface area contributed by atoms with Crippen LogP contribution in [0.3, 0.4) is 0 Å². The van der Waals surface area contributed by atoms with Gasteiger partial charge in [0.1, 0.15) is 18.2 Å². The van der Waals surface area contributed by atoms with E-state index in [-0.39, 0.29) is 42.3 Å². The van der Waals surface area contributed by atoms with Crippen LogP contribution in [0.25, 0.3) is 11.1 Å². The van der Waals surface area contributed by atoms with Crippen molar-refractivity contribution in [1.29, 1.82) is 0 Å². The lowest BCUT2D eigenvalue weighted by atomic mass is 9.82. The van der Waals surface area contributed by atoms with Crippen molar-refractivity contribution in [3.8, 4) is 11.1 Å². The molecule has 2 saturated carbocycles. The molecule has 310 valence electrons. The summed E-state index contributed by atoms with van der Waals surface area (Å²) in [5.74, 6) is -0.864. The van der Waals surface area contributed by atoms with Crippen LogP contribution in [0.1, 0.15) is 90.4 Å². The Morgan fingerprint density at radius 2 is 1.72 bits per heavy atom. The number of aliphatic hydroxyl groups is 1. The van der Waals surface area contributed by atoms with E-state index in [1.165, 1.54) is 4.90 Å². The zero-order chi connectivity index (χ0) is 41.4. The van der Waals surface area contributed by atoms with E-state index in [0.717, 1.165) is 30.2 Å². The van der Waals surface area contributed by atoms with E-state index in [9.17, 15) is 28.7 Å². The average Bonchev–Trinajstić information content (AvgIpc) is 3.46. The zero-order valence-electron chi connectivity index (χ0n) is 33.9. The molecule has 1 heterocycles. The number of nitrogens with one attached hydrogen (secondary N) is 3. The first kappa shape index (κ1) is 43.5. The second-order valence-corrected chi connectivity index (χ2v) is 17.0. The smallest absolute Gasteiger partial charge is 0.248 e. The summed E-state index contributed by atoms with van der Waals surface area (Å²) in [5, 5.41) is 18.9. The molecule has 7 atom stereocenters. The van der Waals surface area contributed by atoms with E-state index in [1.54, 1.807) is 12.3 Å². The summed E-state index contributed by atoms with van der Waals surface area (Å²) in [7, 11) is 0. The number of nitrogens with two attached hydrogens (primary N) is 1. The molecule has 0 bridgehead atoms. The van der Waals surface area contributed by atoms with Gasteiger partial charge in [0.15, 0.2) is 0 Å². The van der Waals surface area contributed by atoms with Crippen molar-refractivity contribution in [3.05, 3.63) is 83.7 Å². The molecule has 0 spiro atoms. The third-order valence-corrected chi connectivity index (χ3v) is 11.8. The topological polar surface area (TPSA) is 159 Å². The molecule has 57 heavy (non-hydrogen) atoms. The van der Waals surface area contributed by atoms with Gasteiger partial charge in [-0.25, -0.2) is 8.78 Å². The summed E-state index contributed by atoms with van der Waals surface area (Å²) in [4.78, 5) is 53.6. The van der Waals surface area contributed by atoms with E-state index in [1.807, 2.05) is 55.7 Å². The van der Waals surface area contributed by atoms with Gasteiger partial charge in [0.2, 0.25) is 23.6 Å². The normalized spacial score (nSPS) is 21.4. The van der Waals surface area contributed by atoms with Crippen LogP contribution in [0.15, 0.2) is 60.8 Å². The fourth-order valence-corrected chi connectivity index (χ4v) is 8.64. The van der Waals surface area contributed by atoms with Crippen LogP contribution in [-0.4, -0.2) is 76.5 Å². The molecule has 2 aromatic carbocycles. The number of aromatic nitrogens is 1. The number of hydrogen-bond acceptors (Lipinski definition) is 6. The Morgan fingerprint density at radius 3 is 2.39 bits per heavy atom. The number of hydrogen-bond donors (Lipinski definition) is 5. The minimum atomic E-state index is -0.990. The predicted molar refractivity (Wildman–Crippen MR) is 215 cm³/mol. The van der Waals surface area contributed by atoms with Crippen molar-refractivity contribution in [2.75, 3.05) is 26.2 Å². The largest absolute Gasteiger partial charge is 0.387 e. The molecule has 6 N–H and O–H groups in total. The number of nitrogens with zero attached hydrogens (tertiary/aromatic N) is 2. The summed E-state index contributed by atoms with van der Waals surface area (Å²) >= 11 is 0. The minimum Gasteiger partial charge on any atom is -0.387 e. The Bertz CT molecular complexity index is 1860. The molecule has 11 nitrogen and oxygen atoms in total. The molecule has 0 aliphatic heterocycles. The van der Waals surface area contributed by atoms with Crippen LogP contribution < -0.4 is 21.7 Å². The van der Waals surface area contributed by atoms with Gasteiger partial charge in [-0.1, -0.05) is 71.4 Å². The van der Waals surface area contributed by atoms with Crippen LogP contribution in [0.4, 0.5) is 8.78 Å². The average molecular weight is 791 g/mol. The minimum absolute atomic E-state index is 0.0131. The second-order valence-electron chi connectivity index (χ2n) is 17.0. The third kappa shape index (κ3) is 11.3. The summed E-state index contributed by atoms with van der Waals surface area (Å²) in [6.45, 7) is 10.5. The van der Waals surface area contributed by atoms with Gasteiger partial charge in [-0.15, -0.1) is 0 Å². The number of carbonyl (C=O) groups excluding carboxylic acids is 4. The van der Waals surface area contributed by atoms with Gasteiger partial charge < -0.3 is 36.3 Å². The molecule has 4 amide bonds. The Balaban J connectivity index is 1.21. The lowest BCUT2D eigenvalue weighted by Crippen LogP contribution is -2.49. The van der Waals surface area contributed by atoms with Crippen LogP contribution in [0.2, 0.25) is 0 Å². The summed E-state index contributed by atoms with van der Waals surface area (Å²) < 4.78 is 31.3. The summed E-state index contributed by atoms with van der Waals surface area (Å²) in [6.07, 6.45) is 5.11. The fourth-order valence-electron chi connectivity index (χ4n) is 8.64. The summed E-state index contributed by atoms with van der Waals surface area (Å²) in [6, 6.07) is 12.7. The predicted octanol–water partition coefficient (Wildman–Crippen LogP) is 5.31. The molecule has 2 aliphatic carbocycles. The lowest BCUT2D eigenvalue weighted by Gasteiger charge is -2.41. The second kappa shape index (κ2) is 19.2. The Morgan fingerprint density at radius 1 is 1.00 bits per heavy atom. The molecular formula is C44H60F2N6O5. The van der Waals surface area contributed by atoms with Crippen molar-refractivity contribution in [3.63, 3.8) is 0 Å². The number of carbonyl (C=O) groups is 4. The van der Waals surface area contributed by atoms with Gasteiger partial charge in [-0.05, 0) is 78.7 Å². The number of benzene rings is 2. The quantitative estimate of drug-likeness (QED) is 0.110. The zero-order valence-corrected chi connectivity index (χ0v) is 33.9. The number of halogens is 2. The molecule has 2 fully saturated rings. The Hall–Kier alpha value is -4.62. The molecule has 1 aromatic heterocycles. The molecule has 3 aromatic rings. The Labute approximate surface area is 335 Å². The lowest BCUT2D eigenvalue weighted by molar-refractivity contribution is -0.140. The SMILES string of the molecule is CCC1C(C)C1CC(=O)NCCNC(=O)[C@H]1CC[C@@H](NC(=O)[C@@H](N)CCN(C(=O)CO)[C@@H](c2cc(-c3cc(F)ccc3F)cn2Cc2ccccc2)C(C)(C)C)C1. The number of rotatable bonds is 18. The van der Waals surface area contributed by atoms with E-state index >= 15 is 4.39 Å². The third-order valence-electron chi connectivity index (χ3n) is 11.8. The maximum atomic E-state index is 15.1. The van der Waals surface area contributed by atoms with Gasteiger partial charge >= 0.3 is 0 Å². The van der Waals surface area contributed by atoms with Gasteiger partial charge in [0.05, 0.1) is 12.1 Å². The van der Waals surface area contributed by atoms with Crippen molar-refractivity contribution in [2.24, 2.45) is 34.8 Å². The molecule has 2 aliphatic rings. The van der Waals surface area contributed by atoms with Crippen molar-refractivity contribution in [1.82, 2.24) is 25.4 Å². The fraction of sp³-hybridized carbons (Fsp3) is 0.545. The van der Waals surface area contributed by atoms with Crippen molar-refractivity contribution < 1.29 is 33.1 Å². The number of amides is 4. The van der Waals surface area contributed by atoms with Crippen LogP contribution in [0, 0.1) is 40.7 Å². The monoisotopic (exact) mass is 790 g/mol. The first-order valence-corrected chi connectivity index (χ1v) is 20.3. The summed E-state index contributed by atoms with van der Waals surface area (Å²) in [5.41, 5.74) is 7.90. The van der Waals surface area contributed by atoms with Gasteiger partial charge in [0.25, 0.3) is 0 Å². The van der Waals surface area contributed by atoms with Crippen LogP contribution in [0.5, 0.6) is 0 Å². The maximum Gasteiger partial charge on any atom is 0.248 e. The van der Waals surface area contributed by atoms with Crippen LogP contribution >= 0.6 is 0 Å². The maximum absolute atomic E-state index is 15.1. The van der Waals surface area contributed by atoms with E-state index in [0.29, 0.717) is 74.3 Å². The number of aliphatic hydroxyl groups excluding tert-OH is 1. The first-order chi connectivity index (χ1) is 27.1. The molecule has 13 heteroatoms. The highest BCUT2D eigenvalue weighted by atomic mass is 19.1. The van der Waals surface area contributed by atoms with Crippen molar-refractivity contribution in [2.45, 2.75) is 97.8 Å². The van der Waals surface area contributed by atoms with E-state index in [4.69, 9.17) is 5.73 Å².